The first-order valence-corrected chi connectivity index (χ1v) is 6.12. The van der Waals surface area contributed by atoms with Gasteiger partial charge in [-0.1, -0.05) is 0 Å². The first-order chi connectivity index (χ1) is 9.19. The number of hydrogen-bond donors (Lipinski definition) is 2. The molecule has 3 rings (SSSR count). The van der Waals surface area contributed by atoms with Crippen LogP contribution in [-0.4, -0.2) is 20.7 Å². The molecule has 98 valence electrons. The van der Waals surface area contributed by atoms with Crippen LogP contribution in [0.2, 0.25) is 0 Å². The average Bonchev–Trinajstić information content (AvgIpc) is 3.25. The van der Waals surface area contributed by atoms with Gasteiger partial charge in [-0.25, -0.2) is 10.5 Å². The van der Waals surface area contributed by atoms with E-state index in [0.717, 1.165) is 12.8 Å². The van der Waals surface area contributed by atoms with Gasteiger partial charge in [-0.05, 0) is 37.0 Å². The lowest BCUT2D eigenvalue weighted by Crippen LogP contribution is -2.23. The second-order valence-corrected chi connectivity index (χ2v) is 4.82. The fourth-order valence-electron chi connectivity index (χ4n) is 2.07. The van der Waals surface area contributed by atoms with Crippen LogP contribution in [0.15, 0.2) is 29.3 Å². The van der Waals surface area contributed by atoms with Gasteiger partial charge in [0.2, 0.25) is 0 Å². The van der Waals surface area contributed by atoms with Crippen molar-refractivity contribution in [1.82, 2.24) is 15.0 Å². The van der Waals surface area contributed by atoms with Crippen molar-refractivity contribution < 1.29 is 10.0 Å². The molecule has 1 aromatic heterocycles. The number of nitrogens with one attached hydrogen (secondary N) is 1. The minimum Gasteiger partial charge on any atom is -0.298 e. The maximum Gasteiger partial charge on any atom is 0.274 e. The third kappa shape index (κ3) is 2.22. The van der Waals surface area contributed by atoms with Gasteiger partial charge in [-0.15, -0.1) is 0 Å². The Bertz CT molecular complexity index is 704. The van der Waals surface area contributed by atoms with Crippen LogP contribution in [0.25, 0.3) is 10.9 Å². The second kappa shape index (κ2) is 4.47. The van der Waals surface area contributed by atoms with Crippen LogP contribution in [0.1, 0.15) is 23.2 Å². The van der Waals surface area contributed by atoms with E-state index in [9.17, 15) is 9.59 Å². The third-order valence-corrected chi connectivity index (χ3v) is 3.34. The van der Waals surface area contributed by atoms with Crippen molar-refractivity contribution >= 4 is 16.8 Å². The summed E-state index contributed by atoms with van der Waals surface area (Å²) in [7, 11) is 0. The summed E-state index contributed by atoms with van der Waals surface area (Å²) >= 11 is 0. The molecule has 1 aliphatic rings. The van der Waals surface area contributed by atoms with Crippen LogP contribution < -0.4 is 11.0 Å². The Morgan fingerprint density at radius 3 is 2.95 bits per heavy atom. The van der Waals surface area contributed by atoms with Crippen molar-refractivity contribution in [1.29, 1.82) is 0 Å². The average molecular weight is 259 g/mol. The van der Waals surface area contributed by atoms with Crippen molar-refractivity contribution in [2.24, 2.45) is 5.92 Å². The first kappa shape index (κ1) is 11.9. The van der Waals surface area contributed by atoms with Crippen molar-refractivity contribution in [3.8, 4) is 0 Å². The fraction of sp³-hybridized carbons (Fsp3) is 0.308. The molecule has 0 radical (unpaired) electrons. The topological polar surface area (TPSA) is 84.2 Å². The predicted molar refractivity (Wildman–Crippen MR) is 68.0 cm³/mol. The minimum atomic E-state index is -0.640. The zero-order chi connectivity index (χ0) is 13.4. The largest absolute Gasteiger partial charge is 0.298 e. The normalized spacial score (nSPS) is 14.6. The Kier molecular flexibility index (Phi) is 2.79. The van der Waals surface area contributed by atoms with Crippen LogP contribution in [0.5, 0.6) is 0 Å². The molecule has 2 N–H and O–H groups in total. The highest BCUT2D eigenvalue weighted by molar-refractivity contribution is 5.97. The summed E-state index contributed by atoms with van der Waals surface area (Å²) in [6, 6.07) is 4.58. The van der Waals surface area contributed by atoms with Gasteiger partial charge in [-0.2, -0.15) is 0 Å². The zero-order valence-corrected chi connectivity index (χ0v) is 10.2. The highest BCUT2D eigenvalue weighted by atomic mass is 16.5. The van der Waals surface area contributed by atoms with Crippen LogP contribution in [0.4, 0.5) is 0 Å². The van der Waals surface area contributed by atoms with Gasteiger partial charge >= 0.3 is 0 Å². The molecule has 1 amide bonds. The molecular formula is C13H13N3O3. The van der Waals surface area contributed by atoms with E-state index in [1.807, 2.05) is 0 Å². The number of fused-ring (bicyclic) bond motifs is 1. The van der Waals surface area contributed by atoms with Gasteiger partial charge in [-0.3, -0.25) is 19.4 Å². The molecule has 0 unspecified atom stereocenters. The standard InChI is InChI=1S/C13H13N3O3/c17-12(15-19)9-3-4-11-10(5-9)13(18)16(7-14-11)6-8-1-2-8/h3-5,7-8,19H,1-2,6H2,(H,15,17). The van der Waals surface area contributed by atoms with Crippen molar-refractivity contribution in [3.63, 3.8) is 0 Å². The molecule has 2 aromatic rings. The number of benzene rings is 1. The van der Waals surface area contributed by atoms with Crippen LogP contribution in [-0.2, 0) is 6.54 Å². The van der Waals surface area contributed by atoms with Gasteiger partial charge in [0.25, 0.3) is 11.5 Å². The second-order valence-electron chi connectivity index (χ2n) is 4.82. The predicted octanol–water partition coefficient (Wildman–Crippen LogP) is 0.926. The number of nitrogens with zero attached hydrogens (tertiary/aromatic N) is 2. The molecular weight excluding hydrogens is 246 g/mol. The van der Waals surface area contributed by atoms with Gasteiger partial charge in [0, 0.05) is 12.1 Å². The van der Waals surface area contributed by atoms with E-state index in [4.69, 9.17) is 5.21 Å². The number of rotatable bonds is 3. The summed E-state index contributed by atoms with van der Waals surface area (Å²) in [5.74, 6) is -0.0697. The number of carbonyl (C=O) groups is 1. The number of amides is 1. The number of hydroxylamine groups is 1. The molecule has 1 aromatic carbocycles. The Labute approximate surface area is 108 Å². The Balaban J connectivity index is 2.10. The third-order valence-electron chi connectivity index (χ3n) is 3.34. The lowest BCUT2D eigenvalue weighted by Gasteiger charge is -2.06. The van der Waals surface area contributed by atoms with E-state index in [0.29, 0.717) is 23.4 Å². The van der Waals surface area contributed by atoms with Gasteiger partial charge in [0.1, 0.15) is 0 Å². The smallest absolute Gasteiger partial charge is 0.274 e. The van der Waals surface area contributed by atoms with E-state index < -0.39 is 5.91 Å². The Morgan fingerprint density at radius 1 is 1.47 bits per heavy atom. The van der Waals surface area contributed by atoms with Crippen LogP contribution in [0.3, 0.4) is 0 Å². The molecule has 6 nitrogen and oxygen atoms in total. The summed E-state index contributed by atoms with van der Waals surface area (Å²) in [4.78, 5) is 27.9. The quantitative estimate of drug-likeness (QED) is 0.634. The monoisotopic (exact) mass is 259 g/mol. The van der Waals surface area contributed by atoms with E-state index in [1.165, 1.54) is 12.1 Å². The SMILES string of the molecule is O=C(NO)c1ccc2ncn(CC3CC3)c(=O)c2c1. The Hall–Kier alpha value is -2.21. The van der Waals surface area contributed by atoms with Crippen LogP contribution >= 0.6 is 0 Å². The molecule has 6 heteroatoms. The van der Waals surface area contributed by atoms with Gasteiger partial charge in [0.05, 0.1) is 17.2 Å². The zero-order valence-electron chi connectivity index (χ0n) is 10.2. The van der Waals surface area contributed by atoms with E-state index in [2.05, 4.69) is 4.98 Å². The number of aromatic nitrogens is 2. The molecule has 0 aliphatic heterocycles. The molecule has 1 fully saturated rings. The summed E-state index contributed by atoms with van der Waals surface area (Å²) in [5, 5.41) is 9.01. The Morgan fingerprint density at radius 2 is 2.26 bits per heavy atom. The lowest BCUT2D eigenvalue weighted by molar-refractivity contribution is 0.0706. The van der Waals surface area contributed by atoms with Gasteiger partial charge < -0.3 is 0 Å². The highest BCUT2D eigenvalue weighted by Crippen LogP contribution is 2.30. The van der Waals surface area contributed by atoms with E-state index in [-0.39, 0.29) is 11.1 Å². The molecule has 0 atom stereocenters. The maximum absolute atomic E-state index is 12.3. The van der Waals surface area contributed by atoms with Crippen LogP contribution in [0, 0.1) is 5.92 Å². The van der Waals surface area contributed by atoms with E-state index >= 15 is 0 Å². The molecule has 1 heterocycles. The summed E-state index contributed by atoms with van der Waals surface area (Å²) in [6.45, 7) is 0.679. The summed E-state index contributed by atoms with van der Waals surface area (Å²) in [6.07, 6.45) is 3.85. The molecule has 19 heavy (non-hydrogen) atoms. The minimum absolute atomic E-state index is 0.149. The summed E-state index contributed by atoms with van der Waals surface area (Å²) < 4.78 is 1.58. The van der Waals surface area contributed by atoms with Gasteiger partial charge in [0.15, 0.2) is 0 Å². The van der Waals surface area contributed by atoms with Crippen molar-refractivity contribution in [2.75, 3.05) is 0 Å². The summed E-state index contributed by atoms with van der Waals surface area (Å²) in [5.41, 5.74) is 2.19. The maximum atomic E-state index is 12.3. The molecule has 0 bridgehead atoms. The van der Waals surface area contributed by atoms with Crippen molar-refractivity contribution in [2.45, 2.75) is 19.4 Å². The molecule has 1 saturated carbocycles. The van der Waals surface area contributed by atoms with E-state index in [1.54, 1.807) is 22.4 Å². The fourth-order valence-corrected chi connectivity index (χ4v) is 2.07. The number of carbonyl (C=O) groups excluding carboxylic acids is 1. The molecule has 0 saturated heterocycles. The van der Waals surface area contributed by atoms with Crippen molar-refractivity contribution in [3.05, 3.63) is 40.4 Å². The molecule has 0 spiro atoms. The first-order valence-electron chi connectivity index (χ1n) is 6.12. The highest BCUT2D eigenvalue weighted by Gasteiger charge is 2.22. The molecule has 1 aliphatic carbocycles. The number of hydrogen-bond acceptors (Lipinski definition) is 4. The lowest BCUT2D eigenvalue weighted by atomic mass is 10.1.